The molecule has 0 N–H and O–H groups in total. The van der Waals surface area contributed by atoms with Gasteiger partial charge < -0.3 is 4.74 Å². The Morgan fingerprint density at radius 1 is 1.06 bits per heavy atom. The van der Waals surface area contributed by atoms with Crippen molar-refractivity contribution in [3.05, 3.63) is 29.0 Å². The Hall–Kier alpha value is -1.11. The third-order valence-electron chi connectivity index (χ3n) is 1.47. The molecule has 0 amide bonds. The highest BCUT2D eigenvalue weighted by molar-refractivity contribution is 6.30. The lowest BCUT2D eigenvalue weighted by atomic mass is 10.3. The van der Waals surface area contributed by atoms with Crippen LogP contribution in [0.25, 0.3) is 0 Å². The van der Waals surface area contributed by atoms with E-state index in [1.165, 1.54) is 0 Å². The minimum Gasteiger partial charge on any atom is -0.426 e. The van der Waals surface area contributed by atoms with Crippen LogP contribution in [-0.2, 0) is 0 Å². The first-order chi connectivity index (χ1) is 7.13. The van der Waals surface area contributed by atoms with Crippen molar-refractivity contribution in [3.8, 4) is 5.75 Å². The highest BCUT2D eigenvalue weighted by atomic mass is 35.5. The molecule has 90 valence electrons. The third-order valence-corrected chi connectivity index (χ3v) is 1.77. The van der Waals surface area contributed by atoms with E-state index in [4.69, 9.17) is 11.6 Å². The van der Waals surface area contributed by atoms with Crippen LogP contribution in [0.4, 0.5) is 26.3 Å². The van der Waals surface area contributed by atoms with Gasteiger partial charge in [-0.15, -0.1) is 0 Å². The standard InChI is InChI=1S/C8H3ClF6O/c9-5-2-1-4(3-6(5)10)16-8(14,15)7(11,12)13/h1-3H. The van der Waals surface area contributed by atoms with E-state index in [0.717, 1.165) is 6.07 Å². The Morgan fingerprint density at radius 3 is 2.06 bits per heavy atom. The van der Waals surface area contributed by atoms with Gasteiger partial charge in [-0.25, -0.2) is 4.39 Å². The van der Waals surface area contributed by atoms with Crippen LogP contribution in [0.15, 0.2) is 18.2 Å². The number of hydrogen-bond acceptors (Lipinski definition) is 1. The molecule has 0 spiro atoms. The summed E-state index contributed by atoms with van der Waals surface area (Å²) < 4.78 is 75.9. The van der Waals surface area contributed by atoms with Crippen molar-refractivity contribution < 1.29 is 31.1 Å². The first-order valence-corrected chi connectivity index (χ1v) is 4.10. The van der Waals surface area contributed by atoms with Crippen LogP contribution in [0.5, 0.6) is 5.75 Å². The average Bonchev–Trinajstić information content (AvgIpc) is 2.09. The molecule has 1 aromatic carbocycles. The van der Waals surface area contributed by atoms with E-state index in [1.54, 1.807) is 0 Å². The highest BCUT2D eigenvalue weighted by Gasteiger charge is 2.61. The molecule has 1 aromatic rings. The summed E-state index contributed by atoms with van der Waals surface area (Å²) in [5.41, 5.74) is 0. The second kappa shape index (κ2) is 4.04. The van der Waals surface area contributed by atoms with Crippen LogP contribution >= 0.6 is 11.6 Å². The van der Waals surface area contributed by atoms with Crippen molar-refractivity contribution in [1.29, 1.82) is 0 Å². The third kappa shape index (κ3) is 2.72. The maximum Gasteiger partial charge on any atom is 0.499 e. The van der Waals surface area contributed by atoms with Gasteiger partial charge in [0, 0.05) is 6.07 Å². The number of alkyl halides is 5. The number of benzene rings is 1. The fraction of sp³-hybridized carbons (Fsp3) is 0.250. The predicted molar refractivity (Wildman–Crippen MR) is 43.0 cm³/mol. The van der Waals surface area contributed by atoms with E-state index in [2.05, 4.69) is 4.74 Å². The second-order valence-electron chi connectivity index (χ2n) is 2.69. The van der Waals surface area contributed by atoms with E-state index in [1.807, 2.05) is 0 Å². The van der Waals surface area contributed by atoms with Gasteiger partial charge in [0.1, 0.15) is 11.6 Å². The monoisotopic (exact) mass is 264 g/mol. The summed E-state index contributed by atoms with van der Waals surface area (Å²) in [5.74, 6) is -2.12. The van der Waals surface area contributed by atoms with Crippen LogP contribution in [0.2, 0.25) is 5.02 Å². The maximum atomic E-state index is 12.7. The number of ether oxygens (including phenoxy) is 1. The lowest BCUT2D eigenvalue weighted by molar-refractivity contribution is -0.360. The highest BCUT2D eigenvalue weighted by Crippen LogP contribution is 2.37. The van der Waals surface area contributed by atoms with E-state index in [-0.39, 0.29) is 0 Å². The number of halogens is 7. The molecule has 0 aliphatic heterocycles. The molecule has 0 atom stereocenters. The van der Waals surface area contributed by atoms with Crippen LogP contribution < -0.4 is 4.74 Å². The lowest BCUT2D eigenvalue weighted by Crippen LogP contribution is -2.41. The molecule has 0 unspecified atom stereocenters. The zero-order chi connectivity index (χ0) is 12.6. The van der Waals surface area contributed by atoms with Crippen molar-refractivity contribution in [1.82, 2.24) is 0 Å². The van der Waals surface area contributed by atoms with Gasteiger partial charge in [-0.2, -0.15) is 22.0 Å². The summed E-state index contributed by atoms with van der Waals surface area (Å²) in [4.78, 5) is 0. The van der Waals surface area contributed by atoms with Crippen molar-refractivity contribution >= 4 is 11.6 Å². The second-order valence-corrected chi connectivity index (χ2v) is 3.10. The van der Waals surface area contributed by atoms with Gasteiger partial charge in [-0.1, -0.05) is 11.6 Å². The van der Waals surface area contributed by atoms with Crippen molar-refractivity contribution in [2.24, 2.45) is 0 Å². The van der Waals surface area contributed by atoms with Gasteiger partial charge in [0.15, 0.2) is 0 Å². The minimum absolute atomic E-state index is 0.335. The molecule has 0 saturated heterocycles. The summed E-state index contributed by atoms with van der Waals surface area (Å²) in [5, 5.41) is -0.414. The van der Waals surface area contributed by atoms with E-state index in [9.17, 15) is 26.3 Å². The molecule has 0 saturated carbocycles. The summed E-state index contributed by atoms with van der Waals surface area (Å²) in [6, 6.07) is 1.84. The van der Waals surface area contributed by atoms with Crippen LogP contribution in [0.3, 0.4) is 0 Å². The van der Waals surface area contributed by atoms with Crippen LogP contribution in [0, 0.1) is 5.82 Å². The molecule has 0 fully saturated rings. The molecule has 0 heterocycles. The predicted octanol–water partition coefficient (Wildman–Crippen LogP) is 4.01. The largest absolute Gasteiger partial charge is 0.499 e. The Bertz CT molecular complexity index is 389. The minimum atomic E-state index is -5.87. The molecule has 0 aromatic heterocycles. The SMILES string of the molecule is Fc1cc(OC(F)(F)C(F)(F)F)ccc1Cl. The molecule has 1 nitrogen and oxygen atoms in total. The lowest BCUT2D eigenvalue weighted by Gasteiger charge is -2.20. The first-order valence-electron chi connectivity index (χ1n) is 3.72. The quantitative estimate of drug-likeness (QED) is 0.733. The van der Waals surface area contributed by atoms with Crippen LogP contribution in [-0.4, -0.2) is 12.3 Å². The summed E-state index contributed by atoms with van der Waals surface area (Å²) in [6.07, 6.45) is -11.3. The molecule has 0 radical (unpaired) electrons. The Labute approximate surface area is 90.6 Å². The van der Waals surface area contributed by atoms with E-state index in [0.29, 0.717) is 12.1 Å². The van der Waals surface area contributed by atoms with E-state index >= 15 is 0 Å². The smallest absolute Gasteiger partial charge is 0.426 e. The van der Waals surface area contributed by atoms with Gasteiger partial charge >= 0.3 is 12.3 Å². The number of rotatable bonds is 2. The Balaban J connectivity index is 2.93. The molecule has 1 rings (SSSR count). The van der Waals surface area contributed by atoms with Crippen molar-refractivity contribution in [3.63, 3.8) is 0 Å². The zero-order valence-corrected chi connectivity index (χ0v) is 8.04. The molecule has 0 bridgehead atoms. The molecular weight excluding hydrogens is 262 g/mol. The van der Waals surface area contributed by atoms with Crippen LogP contribution in [0.1, 0.15) is 0 Å². The summed E-state index contributed by atoms with van der Waals surface area (Å²) >= 11 is 5.20. The summed E-state index contributed by atoms with van der Waals surface area (Å²) in [6.45, 7) is 0. The molecule has 8 heteroatoms. The van der Waals surface area contributed by atoms with E-state index < -0.39 is 28.9 Å². The van der Waals surface area contributed by atoms with Gasteiger partial charge in [0.05, 0.1) is 5.02 Å². The topological polar surface area (TPSA) is 9.23 Å². The van der Waals surface area contributed by atoms with Gasteiger partial charge in [-0.3, -0.25) is 0 Å². The van der Waals surface area contributed by atoms with Crippen molar-refractivity contribution in [2.75, 3.05) is 0 Å². The van der Waals surface area contributed by atoms with Gasteiger partial charge in [0.2, 0.25) is 0 Å². The number of hydrogen-bond donors (Lipinski definition) is 0. The first kappa shape index (κ1) is 13.0. The molecule has 16 heavy (non-hydrogen) atoms. The Morgan fingerprint density at radius 2 is 1.62 bits per heavy atom. The maximum absolute atomic E-state index is 12.7. The molecule has 0 aliphatic rings. The van der Waals surface area contributed by atoms with Crippen molar-refractivity contribution in [2.45, 2.75) is 12.3 Å². The Kier molecular flexibility index (Phi) is 3.27. The zero-order valence-electron chi connectivity index (χ0n) is 7.29. The normalized spacial score (nSPS) is 12.7. The fourth-order valence-electron chi connectivity index (χ4n) is 0.746. The summed E-state index contributed by atoms with van der Waals surface area (Å²) in [7, 11) is 0. The average molecular weight is 265 g/mol. The molecule has 0 aliphatic carbocycles. The van der Waals surface area contributed by atoms with Gasteiger partial charge in [-0.05, 0) is 12.1 Å². The fourth-order valence-corrected chi connectivity index (χ4v) is 0.864. The molecular formula is C8H3ClF6O. The van der Waals surface area contributed by atoms with Gasteiger partial charge in [0.25, 0.3) is 0 Å².